The molecule has 1 saturated carbocycles. The molecule has 4 heterocycles. The van der Waals surface area contributed by atoms with Crippen LogP contribution >= 0.6 is 0 Å². The Hall–Kier alpha value is -1.71. The Morgan fingerprint density at radius 2 is 2.21 bits per heavy atom. The Bertz CT molecular complexity index is 895. The summed E-state index contributed by atoms with van der Waals surface area (Å²) in [5.41, 5.74) is -0.180. The van der Waals surface area contributed by atoms with E-state index in [9.17, 15) is 18.0 Å². The highest BCUT2D eigenvalue weighted by Gasteiger charge is 2.57. The van der Waals surface area contributed by atoms with E-state index in [0.717, 1.165) is 44.6 Å². The molecule has 5 rings (SSSR count). The van der Waals surface area contributed by atoms with Crippen LogP contribution in [0, 0.1) is 17.3 Å². The number of amides is 1. The van der Waals surface area contributed by atoms with E-state index < -0.39 is 17.2 Å². The number of carbonyl (C=O) groups excluding carboxylic acids is 1. The Morgan fingerprint density at radius 1 is 1.36 bits per heavy atom. The van der Waals surface area contributed by atoms with Crippen LogP contribution < -0.4 is 0 Å². The molecule has 0 unspecified atom stereocenters. The van der Waals surface area contributed by atoms with Crippen LogP contribution in [-0.4, -0.2) is 61.5 Å². The summed E-state index contributed by atoms with van der Waals surface area (Å²) >= 11 is 0. The number of nitrogens with zero attached hydrogens (tertiary/aromatic N) is 2. The number of carbonyl (C=O) groups is 1. The Balaban J connectivity index is 1.31. The van der Waals surface area contributed by atoms with Crippen molar-refractivity contribution in [2.45, 2.75) is 63.5 Å². The van der Waals surface area contributed by atoms with Crippen LogP contribution in [-0.2, 0) is 38.1 Å². The molecule has 1 amide bonds. The molecule has 182 valence electrons. The van der Waals surface area contributed by atoms with E-state index in [4.69, 9.17) is 14.2 Å². The van der Waals surface area contributed by atoms with E-state index in [2.05, 4.69) is 4.98 Å². The molecule has 1 aliphatic carbocycles. The lowest BCUT2D eigenvalue weighted by Crippen LogP contribution is -2.48. The summed E-state index contributed by atoms with van der Waals surface area (Å²) in [5, 5.41) is 0. The van der Waals surface area contributed by atoms with Crippen molar-refractivity contribution in [2.75, 3.05) is 33.5 Å². The monoisotopic (exact) mass is 468 g/mol. The molecule has 5 atom stereocenters. The van der Waals surface area contributed by atoms with Crippen LogP contribution in [0.5, 0.6) is 0 Å². The molecule has 0 spiro atoms. The number of halogens is 3. The van der Waals surface area contributed by atoms with E-state index in [1.165, 1.54) is 0 Å². The van der Waals surface area contributed by atoms with Gasteiger partial charge in [0.05, 0.1) is 29.8 Å². The van der Waals surface area contributed by atoms with Crippen LogP contribution in [0.4, 0.5) is 13.2 Å². The molecule has 0 aromatic carbocycles. The van der Waals surface area contributed by atoms with Gasteiger partial charge < -0.3 is 19.1 Å². The quantitative estimate of drug-likeness (QED) is 0.676. The summed E-state index contributed by atoms with van der Waals surface area (Å²) in [6, 6.07) is 1.15. The summed E-state index contributed by atoms with van der Waals surface area (Å²) in [6.07, 6.45) is 1.13. The van der Waals surface area contributed by atoms with E-state index >= 15 is 0 Å². The maximum Gasteiger partial charge on any atom is 0.417 e. The number of ether oxygens (including phenoxy) is 3. The molecule has 3 fully saturated rings. The molecular formula is C24H31F3N2O4. The number of fused-ring (bicyclic) bond motifs is 2. The maximum atomic E-state index is 13.8. The second-order valence-electron chi connectivity index (χ2n) is 10.0. The number of aromatic nitrogens is 1. The first kappa shape index (κ1) is 23.1. The number of hydrogen-bond donors (Lipinski definition) is 0. The summed E-state index contributed by atoms with van der Waals surface area (Å²) in [5.74, 6) is 0.815. The minimum atomic E-state index is -4.44. The molecule has 33 heavy (non-hydrogen) atoms. The normalized spacial score (nSPS) is 34.2. The zero-order valence-electron chi connectivity index (χ0n) is 18.9. The smallest absolute Gasteiger partial charge is 0.379 e. The van der Waals surface area contributed by atoms with Crippen molar-refractivity contribution in [3.8, 4) is 0 Å². The highest BCUT2D eigenvalue weighted by molar-refractivity contribution is 5.84. The van der Waals surface area contributed by atoms with Gasteiger partial charge in [0.15, 0.2) is 0 Å². The largest absolute Gasteiger partial charge is 0.417 e. The zero-order valence-corrected chi connectivity index (χ0v) is 18.9. The third-order valence-corrected chi connectivity index (χ3v) is 8.14. The fraction of sp³-hybridized carbons (Fsp3) is 0.750. The molecule has 0 N–H and O–H groups in total. The number of hydrogen-bond acceptors (Lipinski definition) is 5. The van der Waals surface area contributed by atoms with Crippen molar-refractivity contribution in [3.63, 3.8) is 0 Å². The molecule has 6 nitrogen and oxygen atoms in total. The summed E-state index contributed by atoms with van der Waals surface area (Å²) in [6.45, 7) is 2.57. The molecule has 4 aliphatic rings. The van der Waals surface area contributed by atoms with Crippen molar-refractivity contribution < 1.29 is 32.2 Å². The van der Waals surface area contributed by atoms with Gasteiger partial charge in [-0.25, -0.2) is 0 Å². The number of alkyl halides is 3. The van der Waals surface area contributed by atoms with E-state index in [-0.39, 0.29) is 24.7 Å². The molecule has 1 aromatic rings. The molecular weight excluding hydrogens is 437 g/mol. The van der Waals surface area contributed by atoms with Gasteiger partial charge in [0.1, 0.15) is 0 Å². The lowest BCUT2D eigenvalue weighted by atomic mass is 9.78. The third-order valence-electron chi connectivity index (χ3n) is 8.14. The number of methoxy groups -OCH3 is 1. The van der Waals surface area contributed by atoms with Crippen LogP contribution in [0.15, 0.2) is 12.3 Å². The van der Waals surface area contributed by atoms with Gasteiger partial charge in [-0.1, -0.05) is 0 Å². The topological polar surface area (TPSA) is 60.9 Å². The van der Waals surface area contributed by atoms with Gasteiger partial charge >= 0.3 is 6.18 Å². The molecule has 0 radical (unpaired) electrons. The fourth-order valence-corrected chi connectivity index (χ4v) is 6.43. The van der Waals surface area contributed by atoms with Crippen molar-refractivity contribution >= 4 is 5.91 Å². The van der Waals surface area contributed by atoms with Gasteiger partial charge in [-0.15, -0.1) is 0 Å². The lowest BCUT2D eigenvalue weighted by Gasteiger charge is -2.37. The summed E-state index contributed by atoms with van der Waals surface area (Å²) < 4.78 is 56.7. The van der Waals surface area contributed by atoms with Gasteiger partial charge in [-0.3, -0.25) is 9.78 Å². The first-order chi connectivity index (χ1) is 15.8. The minimum Gasteiger partial charge on any atom is -0.379 e. The standard InChI is InChI=1S/C24H31F3N2O4/c1-31-20-14-32-6-3-16(20)8-15-9-21-23(11-15,4-7-33-21)22(30)29-5-2-19-17(13-29)10-18(12-28-19)24(25,26)27/h10,12,15-16,20-21H,2-9,11,13-14H2,1H3/t15-,16+,20-,21-,23-/m1/s1. The second-order valence-corrected chi connectivity index (χ2v) is 10.0. The van der Waals surface area contributed by atoms with Crippen molar-refractivity contribution in [1.82, 2.24) is 9.88 Å². The highest BCUT2D eigenvalue weighted by atomic mass is 19.4. The van der Waals surface area contributed by atoms with Gasteiger partial charge in [-0.05, 0) is 55.6 Å². The lowest BCUT2D eigenvalue weighted by molar-refractivity contribution is -0.145. The first-order valence-electron chi connectivity index (χ1n) is 11.9. The molecule has 9 heteroatoms. The molecule has 0 bridgehead atoms. The van der Waals surface area contributed by atoms with Crippen LogP contribution in [0.1, 0.15) is 48.9 Å². The van der Waals surface area contributed by atoms with Crippen molar-refractivity contribution in [2.24, 2.45) is 17.3 Å². The van der Waals surface area contributed by atoms with Crippen LogP contribution in [0.3, 0.4) is 0 Å². The van der Waals surface area contributed by atoms with Gasteiger partial charge in [0.2, 0.25) is 5.91 Å². The Kier molecular flexibility index (Phi) is 6.16. The Morgan fingerprint density at radius 3 is 3.00 bits per heavy atom. The fourth-order valence-electron chi connectivity index (χ4n) is 6.43. The van der Waals surface area contributed by atoms with Gasteiger partial charge in [0.25, 0.3) is 0 Å². The predicted octanol–water partition coefficient (Wildman–Crippen LogP) is 3.61. The average molecular weight is 469 g/mol. The van der Waals surface area contributed by atoms with Crippen molar-refractivity contribution in [1.29, 1.82) is 0 Å². The minimum absolute atomic E-state index is 0.0332. The summed E-state index contributed by atoms with van der Waals surface area (Å²) in [7, 11) is 1.72. The van der Waals surface area contributed by atoms with Gasteiger partial charge in [-0.2, -0.15) is 13.2 Å². The third kappa shape index (κ3) is 4.28. The molecule has 3 aliphatic heterocycles. The summed E-state index contributed by atoms with van der Waals surface area (Å²) in [4.78, 5) is 19.6. The molecule has 2 saturated heterocycles. The first-order valence-corrected chi connectivity index (χ1v) is 11.9. The average Bonchev–Trinajstić information content (AvgIpc) is 3.35. The maximum absolute atomic E-state index is 13.8. The van der Waals surface area contributed by atoms with Crippen LogP contribution in [0.2, 0.25) is 0 Å². The number of pyridine rings is 1. The van der Waals surface area contributed by atoms with E-state index in [0.29, 0.717) is 55.7 Å². The SMILES string of the molecule is CO[C@@H]1COCC[C@H]1C[C@@H]1C[C@H]2OCC[C@@]2(C(=O)N2CCc3ncc(C(F)(F)F)cc3C2)C1. The Labute approximate surface area is 191 Å². The second kappa shape index (κ2) is 8.82. The molecule has 1 aromatic heterocycles. The predicted molar refractivity (Wildman–Crippen MR) is 112 cm³/mol. The van der Waals surface area contributed by atoms with Crippen molar-refractivity contribution in [3.05, 3.63) is 29.1 Å². The zero-order chi connectivity index (χ0) is 23.2. The number of rotatable bonds is 4. The highest BCUT2D eigenvalue weighted by Crippen LogP contribution is 2.53. The van der Waals surface area contributed by atoms with Crippen LogP contribution in [0.25, 0.3) is 0 Å². The van der Waals surface area contributed by atoms with Gasteiger partial charge in [0, 0.05) is 51.7 Å². The van der Waals surface area contributed by atoms with E-state index in [1.807, 2.05) is 0 Å². The van der Waals surface area contributed by atoms with E-state index in [1.54, 1.807) is 12.0 Å².